The fraction of sp³-hybridized carbons (Fsp3) is 0.267. The van der Waals surface area contributed by atoms with Crippen LogP contribution in [0, 0.1) is 0 Å². The highest BCUT2D eigenvalue weighted by Crippen LogP contribution is 2.18. The van der Waals surface area contributed by atoms with Gasteiger partial charge in [0.1, 0.15) is 12.3 Å². The van der Waals surface area contributed by atoms with E-state index in [1.807, 2.05) is 0 Å². The van der Waals surface area contributed by atoms with Gasteiger partial charge in [0, 0.05) is 27.7 Å². The second-order valence-corrected chi connectivity index (χ2v) is 9.94. The van der Waals surface area contributed by atoms with Crippen molar-refractivity contribution in [3.05, 3.63) is 69.2 Å². The van der Waals surface area contributed by atoms with Crippen molar-refractivity contribution in [2.24, 2.45) is 10.2 Å². The zero-order chi connectivity index (χ0) is 34.8. The third kappa shape index (κ3) is 9.28. The van der Waals surface area contributed by atoms with Crippen LogP contribution in [0.3, 0.4) is 0 Å². The van der Waals surface area contributed by atoms with Crippen molar-refractivity contribution in [1.82, 2.24) is 19.9 Å². The Morgan fingerprint density at radius 2 is 1.27 bits per heavy atom. The summed E-state index contributed by atoms with van der Waals surface area (Å²) in [6.45, 7) is 3.66. The van der Waals surface area contributed by atoms with Gasteiger partial charge in [-0.25, -0.2) is 20.8 Å². The molecule has 250 valence electrons. The molecule has 2 aromatic carbocycles. The van der Waals surface area contributed by atoms with Crippen molar-refractivity contribution in [3.63, 3.8) is 0 Å². The lowest BCUT2D eigenvalue weighted by molar-refractivity contribution is -0.183. The number of benzene rings is 2. The van der Waals surface area contributed by atoms with E-state index in [1.165, 1.54) is 0 Å². The van der Waals surface area contributed by atoms with Crippen LogP contribution in [0.15, 0.2) is 68.3 Å². The Morgan fingerprint density at radius 1 is 0.750 bits per heavy atom. The molecule has 0 saturated carbocycles. The van der Waals surface area contributed by atoms with Crippen LogP contribution in [0.4, 0.5) is 11.9 Å². The monoisotopic (exact) mass is 662 g/mol. The highest BCUT2D eigenvalue weighted by Gasteiger charge is 2.41. The van der Waals surface area contributed by atoms with E-state index in [2.05, 4.69) is 41.0 Å². The number of carbonyl (C=O) groups excluding carboxylic acids is 4. The number of anilines is 2. The zero-order valence-electron chi connectivity index (χ0n) is 26.0. The van der Waals surface area contributed by atoms with E-state index in [0.29, 0.717) is 21.8 Å². The molecule has 0 spiro atoms. The van der Waals surface area contributed by atoms with Gasteiger partial charge in [-0.05, 0) is 24.3 Å². The summed E-state index contributed by atoms with van der Waals surface area (Å²) in [6, 6.07) is 13.1. The minimum Gasteiger partial charge on any atom is -0.462 e. The second kappa shape index (κ2) is 15.7. The first kappa shape index (κ1) is 34.4. The molecule has 0 amide bonds. The minimum atomic E-state index is -1.69. The second-order valence-electron chi connectivity index (χ2n) is 9.94. The van der Waals surface area contributed by atoms with Gasteiger partial charge < -0.3 is 18.9 Å². The van der Waals surface area contributed by atoms with Gasteiger partial charge in [-0.15, -0.1) is 0 Å². The minimum absolute atomic E-state index is 0.0731. The predicted octanol–water partition coefficient (Wildman–Crippen LogP) is 1.38. The number of hydrogen-bond acceptors (Lipinski definition) is 16. The van der Waals surface area contributed by atoms with Gasteiger partial charge in [0.25, 0.3) is 11.1 Å². The molecule has 0 radical (unpaired) electrons. The number of nitrogens with one attached hydrogen (secondary N) is 4. The molecule has 0 aliphatic carbocycles. The Balaban J connectivity index is 1.81. The van der Waals surface area contributed by atoms with Crippen LogP contribution in [0.1, 0.15) is 27.7 Å². The lowest BCUT2D eigenvalue weighted by atomic mass is 10.0. The molecule has 2 heterocycles. The molecule has 4 N–H and O–H groups in total. The van der Waals surface area contributed by atoms with E-state index in [0.717, 1.165) is 33.9 Å². The number of ether oxygens (including phenoxy) is 4. The smallest absolute Gasteiger partial charge is 0.303 e. The number of nitrogens with zero attached hydrogens (tertiary/aromatic N) is 4. The number of fused-ring (bicyclic) bond motifs is 2. The highest BCUT2D eigenvalue weighted by molar-refractivity contribution is 6.33. The van der Waals surface area contributed by atoms with Crippen LogP contribution in [0.25, 0.3) is 21.8 Å². The molecule has 48 heavy (non-hydrogen) atoms. The van der Waals surface area contributed by atoms with E-state index in [4.69, 9.17) is 18.9 Å². The maximum absolute atomic E-state index is 12.6. The van der Waals surface area contributed by atoms with Crippen LogP contribution in [0.2, 0.25) is 0 Å². The molecular formula is C30H30N8O10. The molecule has 4 aromatic rings. The van der Waals surface area contributed by atoms with E-state index >= 15 is 0 Å². The molecule has 4 rings (SSSR count). The SMILES string of the molecule is CC(=O)OCC(OC(C)=O)C(OC(C)=O)C(OC(C)=O)C(C=NNc1nc2ccccc2c(=O)[nH]1)=NNc1nc2ccccc2c(=O)[nH]1. The lowest BCUT2D eigenvalue weighted by Gasteiger charge is -2.31. The average Bonchev–Trinajstić information content (AvgIpc) is 3.02. The third-order valence-corrected chi connectivity index (χ3v) is 6.20. The summed E-state index contributed by atoms with van der Waals surface area (Å²) in [5.74, 6) is -3.59. The Hall–Kier alpha value is -6.46. The number of carbonyl (C=O) groups is 4. The normalized spacial score (nSPS) is 13.4. The Bertz CT molecular complexity index is 2020. The summed E-state index contributed by atoms with van der Waals surface area (Å²) in [6.07, 6.45) is -3.85. The molecule has 3 unspecified atom stereocenters. The third-order valence-electron chi connectivity index (χ3n) is 6.20. The molecule has 3 atom stereocenters. The number of esters is 4. The van der Waals surface area contributed by atoms with Crippen LogP contribution >= 0.6 is 0 Å². The molecule has 18 heteroatoms. The lowest BCUT2D eigenvalue weighted by Crippen LogP contribution is -2.51. The summed E-state index contributed by atoms with van der Waals surface area (Å²) in [7, 11) is 0. The Kier molecular flexibility index (Phi) is 11.3. The summed E-state index contributed by atoms with van der Waals surface area (Å²) in [4.78, 5) is 87.1. The number of aromatic nitrogens is 4. The number of H-pyrrole nitrogens is 2. The van der Waals surface area contributed by atoms with E-state index < -0.39 is 59.9 Å². The maximum atomic E-state index is 12.6. The fourth-order valence-electron chi connectivity index (χ4n) is 4.33. The Labute approximate surface area is 270 Å². The fourth-order valence-corrected chi connectivity index (χ4v) is 4.33. The molecule has 0 aliphatic rings. The van der Waals surface area contributed by atoms with Crippen molar-refractivity contribution >= 4 is 69.5 Å². The number of aromatic amines is 2. The first-order valence-corrected chi connectivity index (χ1v) is 14.2. The average molecular weight is 663 g/mol. The van der Waals surface area contributed by atoms with E-state index in [-0.39, 0.29) is 17.6 Å². The molecule has 0 bridgehead atoms. The Morgan fingerprint density at radius 3 is 1.79 bits per heavy atom. The number of hydrogen-bond donors (Lipinski definition) is 4. The molecule has 0 saturated heterocycles. The molecule has 0 fully saturated rings. The van der Waals surface area contributed by atoms with Crippen LogP contribution < -0.4 is 22.0 Å². The number of hydrazone groups is 2. The highest BCUT2D eigenvalue weighted by atomic mass is 16.6. The van der Waals surface area contributed by atoms with Gasteiger partial charge in [-0.2, -0.15) is 10.2 Å². The molecule has 18 nitrogen and oxygen atoms in total. The molecule has 0 aliphatic heterocycles. The van der Waals surface area contributed by atoms with Crippen LogP contribution in [-0.4, -0.2) is 80.7 Å². The van der Waals surface area contributed by atoms with Crippen molar-refractivity contribution in [2.45, 2.75) is 46.0 Å². The van der Waals surface area contributed by atoms with E-state index in [9.17, 15) is 28.8 Å². The maximum Gasteiger partial charge on any atom is 0.303 e. The van der Waals surface area contributed by atoms with Crippen molar-refractivity contribution in [1.29, 1.82) is 0 Å². The van der Waals surface area contributed by atoms with E-state index in [1.54, 1.807) is 48.5 Å². The van der Waals surface area contributed by atoms with Gasteiger partial charge in [-0.3, -0.25) is 38.7 Å². The first-order chi connectivity index (χ1) is 22.9. The standard InChI is InChI=1S/C30H30N8O10/c1-15(39)45-14-24(46-16(2)40)26(48-18(4)42)25(47-17(3)41)23(36-38-30-33-22-12-8-6-10-20(22)28(44)35-30)13-31-37-29-32-21-11-7-5-9-19(21)27(43)34-29/h5-13,24-26H,14H2,1-4H3,(H2,32,34,37,43)(H2,33,35,38,44). The van der Waals surface area contributed by atoms with Gasteiger partial charge in [0.15, 0.2) is 18.3 Å². The van der Waals surface area contributed by atoms with Gasteiger partial charge in [0.2, 0.25) is 11.9 Å². The summed E-state index contributed by atoms with van der Waals surface area (Å²) < 4.78 is 21.3. The topological polar surface area (TPSA) is 245 Å². The molecular weight excluding hydrogens is 632 g/mol. The van der Waals surface area contributed by atoms with Gasteiger partial charge in [-0.1, -0.05) is 24.3 Å². The first-order valence-electron chi connectivity index (χ1n) is 14.2. The largest absolute Gasteiger partial charge is 0.462 e. The van der Waals surface area contributed by atoms with Crippen LogP contribution in [-0.2, 0) is 38.1 Å². The molecule has 2 aromatic heterocycles. The number of para-hydroxylation sites is 2. The van der Waals surface area contributed by atoms with Crippen molar-refractivity contribution in [2.75, 3.05) is 17.5 Å². The van der Waals surface area contributed by atoms with Gasteiger partial charge in [0.05, 0.1) is 28.0 Å². The quantitative estimate of drug-likeness (QED) is 0.0684. The van der Waals surface area contributed by atoms with Crippen molar-refractivity contribution in [3.8, 4) is 0 Å². The number of rotatable bonds is 13. The summed E-state index contributed by atoms with van der Waals surface area (Å²) in [5.41, 5.74) is 4.54. The van der Waals surface area contributed by atoms with Gasteiger partial charge >= 0.3 is 23.9 Å². The summed E-state index contributed by atoms with van der Waals surface area (Å²) in [5, 5.41) is 8.91. The predicted molar refractivity (Wildman–Crippen MR) is 171 cm³/mol. The van der Waals surface area contributed by atoms with Crippen molar-refractivity contribution < 1.29 is 38.1 Å². The zero-order valence-corrected chi connectivity index (χ0v) is 26.0. The van der Waals surface area contributed by atoms with Crippen LogP contribution in [0.5, 0.6) is 0 Å². The summed E-state index contributed by atoms with van der Waals surface area (Å²) >= 11 is 0.